The standard InChI is InChI=1S/C32H42S2/c1-29(2,3)22-13-12-14-24-21(22)17-26(34-24)32(10,11)18-20-15-16-25-27(28(20)31(7,8)9)23(19-33-25)30(4,5)6/h12-17,19H,18H2,1-11H3. The summed E-state index contributed by atoms with van der Waals surface area (Å²) in [5.74, 6) is 0. The third kappa shape index (κ3) is 4.61. The minimum absolute atomic E-state index is 0.0600. The molecule has 34 heavy (non-hydrogen) atoms. The first kappa shape index (κ1) is 25.5. The van der Waals surface area contributed by atoms with Crippen LogP contribution in [0.4, 0.5) is 0 Å². The number of hydrogen-bond donors (Lipinski definition) is 0. The highest BCUT2D eigenvalue weighted by Crippen LogP contribution is 2.45. The van der Waals surface area contributed by atoms with Gasteiger partial charge in [0.2, 0.25) is 0 Å². The Bertz CT molecular complexity index is 1340. The summed E-state index contributed by atoms with van der Waals surface area (Å²) in [7, 11) is 0. The molecule has 2 heterocycles. The van der Waals surface area contributed by atoms with Gasteiger partial charge in [-0.05, 0) is 73.9 Å². The molecule has 0 unspecified atom stereocenters. The average Bonchev–Trinajstić information content (AvgIpc) is 3.29. The minimum atomic E-state index is 0.0600. The molecule has 0 aliphatic rings. The van der Waals surface area contributed by atoms with E-state index in [-0.39, 0.29) is 21.7 Å². The fraction of sp³-hybridized carbons (Fsp3) is 0.500. The lowest BCUT2D eigenvalue weighted by molar-refractivity contribution is 0.517. The molecular weight excluding hydrogens is 448 g/mol. The summed E-state index contributed by atoms with van der Waals surface area (Å²) in [5.41, 5.74) is 6.43. The first-order valence-corrected chi connectivity index (χ1v) is 14.3. The highest BCUT2D eigenvalue weighted by Gasteiger charge is 2.31. The highest BCUT2D eigenvalue weighted by atomic mass is 32.1. The molecule has 0 N–H and O–H groups in total. The van der Waals surface area contributed by atoms with E-state index < -0.39 is 0 Å². The smallest absolute Gasteiger partial charge is 0.0348 e. The Kier molecular flexibility index (Phi) is 6.14. The van der Waals surface area contributed by atoms with Crippen molar-refractivity contribution in [2.75, 3.05) is 0 Å². The summed E-state index contributed by atoms with van der Waals surface area (Å²) in [6, 6.07) is 14.1. The molecule has 4 rings (SSSR count). The first-order chi connectivity index (χ1) is 15.5. The van der Waals surface area contributed by atoms with Crippen LogP contribution in [0.15, 0.2) is 41.8 Å². The van der Waals surface area contributed by atoms with Gasteiger partial charge in [-0.25, -0.2) is 0 Å². The van der Waals surface area contributed by atoms with Crippen LogP contribution >= 0.6 is 22.7 Å². The zero-order valence-electron chi connectivity index (χ0n) is 23.1. The summed E-state index contributed by atoms with van der Waals surface area (Å²) in [6.45, 7) is 26.0. The topological polar surface area (TPSA) is 0 Å². The van der Waals surface area contributed by atoms with Gasteiger partial charge in [-0.1, -0.05) is 94.4 Å². The number of rotatable bonds is 3. The van der Waals surface area contributed by atoms with Gasteiger partial charge in [0, 0.05) is 25.1 Å². The van der Waals surface area contributed by atoms with Crippen molar-refractivity contribution in [1.82, 2.24) is 0 Å². The van der Waals surface area contributed by atoms with Gasteiger partial charge in [-0.3, -0.25) is 0 Å². The molecule has 2 aromatic carbocycles. The van der Waals surface area contributed by atoms with Crippen molar-refractivity contribution >= 4 is 42.8 Å². The monoisotopic (exact) mass is 490 g/mol. The van der Waals surface area contributed by atoms with E-state index in [1.807, 2.05) is 22.7 Å². The second kappa shape index (κ2) is 8.20. The lowest BCUT2D eigenvalue weighted by atomic mass is 9.73. The van der Waals surface area contributed by atoms with E-state index in [4.69, 9.17) is 0 Å². The highest BCUT2D eigenvalue weighted by molar-refractivity contribution is 7.19. The summed E-state index contributed by atoms with van der Waals surface area (Å²) in [6.07, 6.45) is 1.05. The molecule has 182 valence electrons. The predicted molar refractivity (Wildman–Crippen MR) is 156 cm³/mol. The third-order valence-corrected chi connectivity index (χ3v) is 9.47. The number of thiophene rings is 2. The van der Waals surface area contributed by atoms with Crippen molar-refractivity contribution in [2.45, 2.75) is 104 Å². The largest absolute Gasteiger partial charge is 0.143 e. The first-order valence-electron chi connectivity index (χ1n) is 12.6. The van der Waals surface area contributed by atoms with Crippen molar-refractivity contribution in [3.05, 3.63) is 68.9 Å². The number of benzene rings is 2. The summed E-state index contributed by atoms with van der Waals surface area (Å²) >= 11 is 3.88. The van der Waals surface area contributed by atoms with Gasteiger partial charge >= 0.3 is 0 Å². The molecule has 0 spiro atoms. The fourth-order valence-corrected chi connectivity index (χ4v) is 7.72. The Labute approximate surface area is 215 Å². The van der Waals surface area contributed by atoms with Crippen molar-refractivity contribution in [3.8, 4) is 0 Å². The van der Waals surface area contributed by atoms with Crippen LogP contribution in [0.5, 0.6) is 0 Å². The molecule has 0 saturated heterocycles. The normalized spacial score (nSPS) is 13.9. The summed E-state index contributed by atoms with van der Waals surface area (Å²) in [4.78, 5) is 1.49. The predicted octanol–water partition coefficient (Wildman–Crippen LogP) is 10.5. The van der Waals surface area contributed by atoms with E-state index in [0.717, 1.165) is 6.42 Å². The second-order valence-corrected chi connectivity index (χ2v) is 15.8. The van der Waals surface area contributed by atoms with Crippen LogP contribution in [0.25, 0.3) is 20.2 Å². The molecule has 0 nitrogen and oxygen atoms in total. The zero-order valence-corrected chi connectivity index (χ0v) is 24.7. The molecule has 0 atom stereocenters. The van der Waals surface area contributed by atoms with E-state index in [9.17, 15) is 0 Å². The van der Waals surface area contributed by atoms with E-state index in [2.05, 4.69) is 118 Å². The summed E-state index contributed by atoms with van der Waals surface area (Å²) in [5, 5.41) is 5.33. The van der Waals surface area contributed by atoms with E-state index in [1.54, 1.807) is 5.56 Å². The second-order valence-electron chi connectivity index (χ2n) is 13.8. The Morgan fingerprint density at radius 1 is 0.676 bits per heavy atom. The van der Waals surface area contributed by atoms with E-state index in [1.165, 1.54) is 41.7 Å². The van der Waals surface area contributed by atoms with Crippen molar-refractivity contribution in [2.24, 2.45) is 0 Å². The van der Waals surface area contributed by atoms with Gasteiger partial charge in [0.05, 0.1) is 0 Å². The number of hydrogen-bond acceptors (Lipinski definition) is 2. The van der Waals surface area contributed by atoms with Crippen LogP contribution in [0.3, 0.4) is 0 Å². The van der Waals surface area contributed by atoms with E-state index >= 15 is 0 Å². The van der Waals surface area contributed by atoms with Crippen LogP contribution in [0.2, 0.25) is 0 Å². The van der Waals surface area contributed by atoms with Gasteiger partial charge in [0.25, 0.3) is 0 Å². The molecule has 0 amide bonds. The molecule has 2 heteroatoms. The number of fused-ring (bicyclic) bond motifs is 2. The lowest BCUT2D eigenvalue weighted by Crippen LogP contribution is -2.24. The molecule has 0 radical (unpaired) electrons. The molecule has 0 fully saturated rings. The molecule has 2 aromatic heterocycles. The molecule has 0 bridgehead atoms. The molecule has 0 saturated carbocycles. The van der Waals surface area contributed by atoms with Crippen LogP contribution < -0.4 is 0 Å². The van der Waals surface area contributed by atoms with E-state index in [0.29, 0.717) is 0 Å². The average molecular weight is 491 g/mol. The SMILES string of the molecule is CC(C)(C)c1cccc2sc(C(C)(C)Cc3ccc4scc(C(C)(C)C)c4c3C(C)(C)C)cc12. The van der Waals surface area contributed by atoms with Gasteiger partial charge in [-0.2, -0.15) is 0 Å². The maximum atomic E-state index is 2.49. The maximum Gasteiger partial charge on any atom is 0.0348 e. The lowest BCUT2D eigenvalue weighted by Gasteiger charge is -2.31. The van der Waals surface area contributed by atoms with Crippen LogP contribution in [-0.4, -0.2) is 0 Å². The maximum absolute atomic E-state index is 2.49. The quantitative estimate of drug-likeness (QED) is 0.268. The Morgan fingerprint density at radius 3 is 1.91 bits per heavy atom. The van der Waals surface area contributed by atoms with Crippen LogP contribution in [0, 0.1) is 0 Å². The Morgan fingerprint density at radius 2 is 1.32 bits per heavy atom. The Balaban J connectivity index is 1.87. The van der Waals surface area contributed by atoms with Crippen molar-refractivity contribution < 1.29 is 0 Å². The Hall–Kier alpha value is -1.64. The molecular formula is C32H42S2. The minimum Gasteiger partial charge on any atom is -0.143 e. The fourth-order valence-electron chi connectivity index (χ4n) is 5.34. The van der Waals surface area contributed by atoms with Crippen molar-refractivity contribution in [1.29, 1.82) is 0 Å². The van der Waals surface area contributed by atoms with Gasteiger partial charge < -0.3 is 0 Å². The molecule has 0 aliphatic heterocycles. The zero-order chi connectivity index (χ0) is 25.3. The van der Waals surface area contributed by atoms with Gasteiger partial charge in [-0.15, -0.1) is 22.7 Å². The van der Waals surface area contributed by atoms with Gasteiger partial charge in [0.1, 0.15) is 0 Å². The van der Waals surface area contributed by atoms with Crippen molar-refractivity contribution in [3.63, 3.8) is 0 Å². The third-order valence-electron chi connectivity index (χ3n) is 7.05. The van der Waals surface area contributed by atoms with Crippen LogP contribution in [-0.2, 0) is 28.1 Å². The molecule has 0 aliphatic carbocycles. The molecule has 4 aromatic rings. The van der Waals surface area contributed by atoms with Crippen LogP contribution in [0.1, 0.15) is 103 Å². The van der Waals surface area contributed by atoms with Gasteiger partial charge in [0.15, 0.2) is 0 Å². The summed E-state index contributed by atoms with van der Waals surface area (Å²) < 4.78 is 2.84.